The SMILES string of the molecule is CC1=CC2C(C=C(N[C@H]3CC[C@@H](N(C)C)CC3)c3nnc(C)n32)N1Cc1ccccc1. The van der Waals surface area contributed by atoms with E-state index in [2.05, 4.69) is 100 Å². The molecule has 1 aliphatic carbocycles. The van der Waals surface area contributed by atoms with E-state index in [9.17, 15) is 0 Å². The molecule has 1 N–H and O–H groups in total. The lowest BCUT2D eigenvalue weighted by Gasteiger charge is -2.37. The molecule has 6 nitrogen and oxygen atoms in total. The van der Waals surface area contributed by atoms with Crippen LogP contribution in [0.5, 0.6) is 0 Å². The number of hydrogen-bond donors (Lipinski definition) is 1. The van der Waals surface area contributed by atoms with Crippen LogP contribution in [0.1, 0.15) is 55.9 Å². The lowest BCUT2D eigenvalue weighted by atomic mass is 9.90. The fourth-order valence-corrected chi connectivity index (χ4v) is 5.51. The molecule has 0 amide bonds. The van der Waals surface area contributed by atoms with Crippen LogP contribution < -0.4 is 5.32 Å². The summed E-state index contributed by atoms with van der Waals surface area (Å²) in [4.78, 5) is 4.89. The topological polar surface area (TPSA) is 49.2 Å². The van der Waals surface area contributed by atoms with Crippen molar-refractivity contribution in [1.82, 2.24) is 29.9 Å². The summed E-state index contributed by atoms with van der Waals surface area (Å²) in [6.45, 7) is 5.21. The van der Waals surface area contributed by atoms with Crippen molar-refractivity contribution in [2.24, 2.45) is 0 Å². The number of hydrogen-bond acceptors (Lipinski definition) is 5. The molecular weight excluding hydrogens is 384 g/mol. The molecule has 1 aromatic carbocycles. The first-order valence-corrected chi connectivity index (χ1v) is 11.6. The molecule has 2 aromatic rings. The van der Waals surface area contributed by atoms with Crippen LogP contribution in [0.4, 0.5) is 0 Å². The average molecular weight is 419 g/mol. The minimum absolute atomic E-state index is 0.253. The number of benzene rings is 1. The third-order valence-corrected chi connectivity index (χ3v) is 7.30. The Kier molecular flexibility index (Phi) is 5.34. The Morgan fingerprint density at radius 1 is 0.968 bits per heavy atom. The Morgan fingerprint density at radius 3 is 2.42 bits per heavy atom. The molecule has 0 saturated heterocycles. The highest BCUT2D eigenvalue weighted by Crippen LogP contribution is 2.39. The minimum Gasteiger partial charge on any atom is -0.379 e. The van der Waals surface area contributed by atoms with Crippen LogP contribution in [0.3, 0.4) is 0 Å². The van der Waals surface area contributed by atoms with Gasteiger partial charge in [-0.3, -0.25) is 0 Å². The van der Waals surface area contributed by atoms with E-state index in [-0.39, 0.29) is 12.1 Å². The third kappa shape index (κ3) is 3.78. The Morgan fingerprint density at radius 2 is 1.71 bits per heavy atom. The summed E-state index contributed by atoms with van der Waals surface area (Å²) in [5.74, 6) is 1.97. The monoisotopic (exact) mass is 418 g/mol. The zero-order valence-electron chi connectivity index (χ0n) is 19.1. The first kappa shape index (κ1) is 20.3. The van der Waals surface area contributed by atoms with Gasteiger partial charge in [0.05, 0.1) is 17.8 Å². The highest BCUT2D eigenvalue weighted by Gasteiger charge is 2.39. The smallest absolute Gasteiger partial charge is 0.180 e. The number of allylic oxidation sites excluding steroid dienone is 1. The van der Waals surface area contributed by atoms with Gasteiger partial charge < -0.3 is 19.7 Å². The average Bonchev–Trinajstić information content (AvgIpc) is 3.30. The molecule has 1 fully saturated rings. The van der Waals surface area contributed by atoms with Gasteiger partial charge in [0.25, 0.3) is 0 Å². The Hall–Kier alpha value is -2.60. The lowest BCUT2D eigenvalue weighted by molar-refractivity contribution is 0.210. The van der Waals surface area contributed by atoms with Gasteiger partial charge in [-0.25, -0.2) is 0 Å². The minimum atomic E-state index is 0.253. The molecule has 0 radical (unpaired) electrons. The number of fused-ring (bicyclic) bond motifs is 3. The van der Waals surface area contributed by atoms with Gasteiger partial charge in [0, 0.05) is 24.3 Å². The molecule has 164 valence electrons. The van der Waals surface area contributed by atoms with Gasteiger partial charge in [0.15, 0.2) is 5.82 Å². The number of aryl methyl sites for hydroxylation is 1. The molecule has 2 atom stereocenters. The standard InChI is InChI=1S/C25H34N6/c1-17-14-24-23(30(17)16-19-8-6-5-7-9-19)15-22(25-28-27-18(2)31(24)25)26-20-10-12-21(13-11-20)29(3)4/h5-9,14-15,20-21,23-24,26H,10-13,16H2,1-4H3/t20-,21+,23?,24?. The van der Waals surface area contributed by atoms with Crippen molar-refractivity contribution in [3.8, 4) is 0 Å². The predicted octanol–water partition coefficient (Wildman–Crippen LogP) is 3.73. The molecule has 3 heterocycles. The van der Waals surface area contributed by atoms with Crippen LogP contribution in [-0.2, 0) is 6.54 Å². The highest BCUT2D eigenvalue weighted by atomic mass is 15.3. The van der Waals surface area contributed by atoms with Crippen molar-refractivity contribution in [3.05, 3.63) is 65.4 Å². The van der Waals surface area contributed by atoms with Gasteiger partial charge in [0.1, 0.15) is 5.82 Å². The summed E-state index contributed by atoms with van der Waals surface area (Å²) in [6.07, 6.45) is 9.68. The Bertz CT molecular complexity index is 981. The molecule has 0 bridgehead atoms. The molecule has 1 saturated carbocycles. The zero-order chi connectivity index (χ0) is 21.5. The van der Waals surface area contributed by atoms with E-state index in [1.54, 1.807) is 0 Å². The Balaban J connectivity index is 1.41. The van der Waals surface area contributed by atoms with E-state index in [0.29, 0.717) is 12.1 Å². The quantitative estimate of drug-likeness (QED) is 0.802. The van der Waals surface area contributed by atoms with Crippen molar-refractivity contribution in [3.63, 3.8) is 0 Å². The summed E-state index contributed by atoms with van der Waals surface area (Å²) < 4.78 is 2.33. The van der Waals surface area contributed by atoms with Gasteiger partial charge in [-0.2, -0.15) is 0 Å². The largest absolute Gasteiger partial charge is 0.379 e. The van der Waals surface area contributed by atoms with E-state index in [0.717, 1.165) is 23.9 Å². The van der Waals surface area contributed by atoms with Gasteiger partial charge in [-0.15, -0.1) is 10.2 Å². The molecule has 31 heavy (non-hydrogen) atoms. The van der Waals surface area contributed by atoms with Crippen LogP contribution in [0.15, 0.2) is 48.2 Å². The van der Waals surface area contributed by atoms with E-state index >= 15 is 0 Å². The molecule has 5 rings (SSSR count). The van der Waals surface area contributed by atoms with Gasteiger partial charge in [-0.1, -0.05) is 30.3 Å². The van der Waals surface area contributed by atoms with Gasteiger partial charge in [-0.05, 0) is 71.3 Å². The maximum atomic E-state index is 4.57. The third-order valence-electron chi connectivity index (χ3n) is 7.30. The highest BCUT2D eigenvalue weighted by molar-refractivity contribution is 5.62. The Labute approximate surface area is 185 Å². The summed E-state index contributed by atoms with van der Waals surface area (Å²) >= 11 is 0. The van der Waals surface area contributed by atoms with Crippen molar-refractivity contribution >= 4 is 5.70 Å². The summed E-state index contributed by atoms with van der Waals surface area (Å²) in [6, 6.07) is 12.5. The fourth-order valence-electron chi connectivity index (χ4n) is 5.51. The van der Waals surface area contributed by atoms with Crippen LogP contribution in [0.25, 0.3) is 5.70 Å². The van der Waals surface area contributed by atoms with Crippen LogP contribution in [0.2, 0.25) is 0 Å². The predicted molar refractivity (Wildman–Crippen MR) is 124 cm³/mol. The van der Waals surface area contributed by atoms with Crippen molar-refractivity contribution in [2.75, 3.05) is 14.1 Å². The van der Waals surface area contributed by atoms with E-state index in [1.165, 1.54) is 36.9 Å². The molecule has 3 aliphatic rings. The van der Waals surface area contributed by atoms with Crippen LogP contribution >= 0.6 is 0 Å². The van der Waals surface area contributed by atoms with E-state index < -0.39 is 0 Å². The molecule has 6 heteroatoms. The molecule has 2 unspecified atom stereocenters. The van der Waals surface area contributed by atoms with Crippen LogP contribution in [0, 0.1) is 6.92 Å². The van der Waals surface area contributed by atoms with Gasteiger partial charge >= 0.3 is 0 Å². The normalized spacial score (nSPS) is 27.6. The molecule has 1 aromatic heterocycles. The summed E-state index contributed by atoms with van der Waals surface area (Å²) in [7, 11) is 4.40. The number of nitrogens with zero attached hydrogens (tertiary/aromatic N) is 5. The number of nitrogens with one attached hydrogen (secondary N) is 1. The number of aromatic nitrogens is 3. The molecule has 2 aliphatic heterocycles. The second kappa shape index (κ2) is 8.15. The number of rotatable bonds is 5. The maximum Gasteiger partial charge on any atom is 0.180 e. The van der Waals surface area contributed by atoms with Crippen molar-refractivity contribution in [1.29, 1.82) is 0 Å². The first-order valence-electron chi connectivity index (χ1n) is 11.6. The van der Waals surface area contributed by atoms with Gasteiger partial charge in [0.2, 0.25) is 0 Å². The van der Waals surface area contributed by atoms with Crippen molar-refractivity contribution < 1.29 is 0 Å². The van der Waals surface area contributed by atoms with Crippen molar-refractivity contribution in [2.45, 2.75) is 70.2 Å². The first-order chi connectivity index (χ1) is 15.0. The van der Waals surface area contributed by atoms with E-state index in [4.69, 9.17) is 0 Å². The van der Waals surface area contributed by atoms with Crippen LogP contribution in [-0.4, -0.2) is 56.8 Å². The zero-order valence-corrected chi connectivity index (χ0v) is 19.1. The fraction of sp³-hybridized carbons (Fsp3) is 0.520. The summed E-state index contributed by atoms with van der Waals surface area (Å²) in [5.41, 5.74) is 3.81. The second-order valence-corrected chi connectivity index (χ2v) is 9.54. The molecule has 0 spiro atoms. The molecular formula is C25H34N6. The summed E-state index contributed by atoms with van der Waals surface area (Å²) in [5, 5.41) is 12.9. The van der Waals surface area contributed by atoms with E-state index in [1.807, 2.05) is 0 Å². The maximum absolute atomic E-state index is 4.57. The lowest BCUT2D eigenvalue weighted by Crippen LogP contribution is -2.42. The second-order valence-electron chi connectivity index (χ2n) is 9.54.